The van der Waals surface area contributed by atoms with Crippen molar-refractivity contribution in [2.45, 2.75) is 6.54 Å². The summed E-state index contributed by atoms with van der Waals surface area (Å²) in [5.41, 5.74) is 0. The predicted molar refractivity (Wildman–Crippen MR) is 49.9 cm³/mol. The lowest BCUT2D eigenvalue weighted by Gasteiger charge is -1.98. The van der Waals surface area contributed by atoms with E-state index in [-0.39, 0.29) is 12.5 Å². The number of hydrogen-bond acceptors (Lipinski definition) is 5. The lowest BCUT2D eigenvalue weighted by molar-refractivity contribution is -0.394. The van der Waals surface area contributed by atoms with E-state index in [1.807, 2.05) is 0 Å². The highest BCUT2D eigenvalue weighted by atomic mass is 16.6. The van der Waals surface area contributed by atoms with Crippen LogP contribution in [-0.4, -0.2) is 32.1 Å². The molecule has 1 aromatic heterocycles. The van der Waals surface area contributed by atoms with Gasteiger partial charge in [-0.25, -0.2) is 0 Å². The Morgan fingerprint density at radius 3 is 3.07 bits per heavy atom. The Morgan fingerprint density at radius 1 is 1.80 bits per heavy atom. The van der Waals surface area contributed by atoms with Gasteiger partial charge in [0.25, 0.3) is 0 Å². The summed E-state index contributed by atoms with van der Waals surface area (Å²) < 4.78 is 1.09. The summed E-state index contributed by atoms with van der Waals surface area (Å²) in [6.07, 6.45) is 2.66. The summed E-state index contributed by atoms with van der Waals surface area (Å²) in [6, 6.07) is 0. The molecule has 1 aromatic rings. The van der Waals surface area contributed by atoms with E-state index in [1.54, 1.807) is 0 Å². The van der Waals surface area contributed by atoms with Crippen LogP contribution in [-0.2, 0) is 11.3 Å². The van der Waals surface area contributed by atoms with Crippen LogP contribution >= 0.6 is 0 Å². The third kappa shape index (κ3) is 3.18. The van der Waals surface area contributed by atoms with Crippen LogP contribution in [0.2, 0.25) is 0 Å². The van der Waals surface area contributed by atoms with Crippen LogP contribution in [0.5, 0.6) is 0 Å². The third-order valence-electron chi connectivity index (χ3n) is 1.44. The highest BCUT2D eigenvalue weighted by molar-refractivity contribution is 5.75. The molecule has 1 heterocycles. The molecular formula is C7H9N5O3. The lowest BCUT2D eigenvalue weighted by atomic mass is 10.5. The van der Waals surface area contributed by atoms with Gasteiger partial charge >= 0.3 is 5.95 Å². The Hall–Kier alpha value is -2.25. The zero-order valence-corrected chi connectivity index (χ0v) is 7.79. The van der Waals surface area contributed by atoms with E-state index < -0.39 is 10.9 Å². The highest BCUT2D eigenvalue weighted by Crippen LogP contribution is 1.98. The molecule has 0 saturated heterocycles. The number of rotatable bonds is 5. The Morgan fingerprint density at radius 2 is 2.53 bits per heavy atom. The molecule has 8 heteroatoms. The van der Waals surface area contributed by atoms with Crippen LogP contribution in [0.1, 0.15) is 0 Å². The normalized spacial score (nSPS) is 9.60. The van der Waals surface area contributed by atoms with Gasteiger partial charge in [0.15, 0.2) is 0 Å². The number of hydrogen-bond donors (Lipinski definition) is 1. The monoisotopic (exact) mass is 211 g/mol. The van der Waals surface area contributed by atoms with E-state index in [9.17, 15) is 14.9 Å². The minimum atomic E-state index is -0.724. The molecule has 0 saturated carbocycles. The van der Waals surface area contributed by atoms with Crippen LogP contribution in [0.25, 0.3) is 0 Å². The second kappa shape index (κ2) is 4.84. The quantitative estimate of drug-likeness (QED) is 0.401. The van der Waals surface area contributed by atoms with Gasteiger partial charge in [-0.1, -0.05) is 11.1 Å². The molecule has 0 fully saturated rings. The number of carbonyl (C=O) groups excluding carboxylic acids is 1. The van der Waals surface area contributed by atoms with Gasteiger partial charge in [0.05, 0.1) is 0 Å². The van der Waals surface area contributed by atoms with E-state index in [2.05, 4.69) is 22.0 Å². The van der Waals surface area contributed by atoms with E-state index in [4.69, 9.17) is 0 Å². The standard InChI is InChI=1S/C7H9N5O3/c1-2-3-8-6(13)4-11-5-9-7(10-11)12(14)15/h2,5H,1,3-4H2,(H,8,13). The number of nitrogens with zero attached hydrogens (tertiary/aromatic N) is 4. The molecule has 1 amide bonds. The Balaban J connectivity index is 2.53. The van der Waals surface area contributed by atoms with Crippen LogP contribution in [0.4, 0.5) is 5.95 Å². The van der Waals surface area contributed by atoms with Gasteiger partial charge in [0, 0.05) is 11.6 Å². The predicted octanol–water partition coefficient (Wildman–Crippen LogP) is -0.512. The third-order valence-corrected chi connectivity index (χ3v) is 1.44. The first-order valence-corrected chi connectivity index (χ1v) is 4.05. The first-order chi connectivity index (χ1) is 7.13. The average molecular weight is 211 g/mol. The van der Waals surface area contributed by atoms with E-state index in [0.717, 1.165) is 11.0 Å². The molecule has 80 valence electrons. The van der Waals surface area contributed by atoms with Crippen molar-refractivity contribution >= 4 is 11.9 Å². The summed E-state index contributed by atoms with van der Waals surface area (Å²) in [5, 5.41) is 16.2. The molecule has 0 aliphatic rings. The summed E-state index contributed by atoms with van der Waals surface area (Å²) in [6.45, 7) is 3.67. The topological polar surface area (TPSA) is 103 Å². The maximum absolute atomic E-state index is 11.1. The van der Waals surface area contributed by atoms with Crippen molar-refractivity contribution in [3.63, 3.8) is 0 Å². The summed E-state index contributed by atoms with van der Waals surface area (Å²) in [7, 11) is 0. The van der Waals surface area contributed by atoms with Gasteiger partial charge in [-0.15, -0.1) is 6.58 Å². The summed E-state index contributed by atoms with van der Waals surface area (Å²) in [4.78, 5) is 24.0. The van der Waals surface area contributed by atoms with E-state index in [1.165, 1.54) is 6.08 Å². The fraction of sp³-hybridized carbons (Fsp3) is 0.286. The minimum absolute atomic E-state index is 0.103. The largest absolute Gasteiger partial charge is 0.490 e. The first kappa shape index (κ1) is 10.8. The zero-order chi connectivity index (χ0) is 11.3. The molecular weight excluding hydrogens is 202 g/mol. The molecule has 0 bridgehead atoms. The molecule has 1 rings (SSSR count). The maximum Gasteiger partial charge on any atom is 0.490 e. The summed E-state index contributed by atoms with van der Waals surface area (Å²) >= 11 is 0. The molecule has 15 heavy (non-hydrogen) atoms. The zero-order valence-electron chi connectivity index (χ0n) is 7.79. The minimum Gasteiger partial charge on any atom is -0.390 e. The van der Waals surface area contributed by atoms with Crippen LogP contribution < -0.4 is 5.32 Å². The van der Waals surface area contributed by atoms with Gasteiger partial charge in [0.2, 0.25) is 12.2 Å². The van der Waals surface area contributed by atoms with Gasteiger partial charge in [-0.3, -0.25) is 4.79 Å². The van der Waals surface area contributed by atoms with Crippen molar-refractivity contribution in [1.82, 2.24) is 20.1 Å². The van der Waals surface area contributed by atoms with Crippen molar-refractivity contribution in [3.8, 4) is 0 Å². The van der Waals surface area contributed by atoms with E-state index in [0.29, 0.717) is 6.54 Å². The fourth-order valence-electron chi connectivity index (χ4n) is 0.834. The first-order valence-electron chi connectivity index (χ1n) is 4.05. The molecule has 0 unspecified atom stereocenters. The smallest absolute Gasteiger partial charge is 0.390 e. The van der Waals surface area contributed by atoms with Crippen molar-refractivity contribution in [2.24, 2.45) is 0 Å². The molecule has 0 radical (unpaired) electrons. The summed E-state index contributed by atoms with van der Waals surface area (Å²) in [5.74, 6) is -0.832. The number of nitro groups is 1. The molecule has 0 spiro atoms. The van der Waals surface area contributed by atoms with Gasteiger partial charge < -0.3 is 15.4 Å². The van der Waals surface area contributed by atoms with Crippen LogP contribution in [0.3, 0.4) is 0 Å². The fourth-order valence-corrected chi connectivity index (χ4v) is 0.834. The Labute approximate surface area is 84.8 Å². The van der Waals surface area contributed by atoms with Crippen molar-refractivity contribution < 1.29 is 9.72 Å². The molecule has 8 nitrogen and oxygen atoms in total. The SMILES string of the molecule is C=CCNC(=O)Cn1cnc([N+](=O)[O-])n1. The second-order valence-corrected chi connectivity index (χ2v) is 2.59. The lowest BCUT2D eigenvalue weighted by Crippen LogP contribution is -2.27. The molecule has 1 N–H and O–H groups in total. The van der Waals surface area contributed by atoms with Gasteiger partial charge in [0.1, 0.15) is 6.54 Å². The molecule has 0 atom stereocenters. The number of nitrogens with one attached hydrogen (secondary N) is 1. The average Bonchev–Trinajstić information content (AvgIpc) is 2.63. The molecule has 0 aliphatic heterocycles. The highest BCUT2D eigenvalue weighted by Gasteiger charge is 2.14. The number of carbonyl (C=O) groups is 1. The van der Waals surface area contributed by atoms with Gasteiger partial charge in [-0.05, 0) is 4.92 Å². The number of aromatic nitrogens is 3. The van der Waals surface area contributed by atoms with Crippen molar-refractivity contribution in [1.29, 1.82) is 0 Å². The maximum atomic E-state index is 11.1. The van der Waals surface area contributed by atoms with Crippen LogP contribution in [0, 0.1) is 10.1 Å². The second-order valence-electron chi connectivity index (χ2n) is 2.59. The molecule has 0 aromatic carbocycles. The Bertz CT molecular complexity index is 386. The Kier molecular flexibility index (Phi) is 3.49. The molecule has 0 aliphatic carbocycles. The van der Waals surface area contributed by atoms with Crippen LogP contribution in [0.15, 0.2) is 19.0 Å². The van der Waals surface area contributed by atoms with Gasteiger partial charge in [-0.2, -0.15) is 4.68 Å². The van der Waals surface area contributed by atoms with Crippen molar-refractivity contribution in [3.05, 3.63) is 29.1 Å². The van der Waals surface area contributed by atoms with E-state index >= 15 is 0 Å². The number of amides is 1. The van der Waals surface area contributed by atoms with Crippen molar-refractivity contribution in [2.75, 3.05) is 6.54 Å².